The van der Waals surface area contributed by atoms with Crippen LogP contribution in [0.2, 0.25) is 0 Å². The molecule has 2 aliphatic rings. The lowest BCUT2D eigenvalue weighted by atomic mass is 10.2. The summed E-state index contributed by atoms with van der Waals surface area (Å²) in [6.45, 7) is 6.03. The predicted octanol–water partition coefficient (Wildman–Crippen LogP) is 0.00500. The van der Waals surface area contributed by atoms with Crippen LogP contribution in [0.15, 0.2) is 21.8 Å². The van der Waals surface area contributed by atoms with Crippen molar-refractivity contribution < 1.29 is 14.1 Å². The number of carbonyl (C=O) groups is 1. The number of ether oxygens (including phenoxy) is 1. The van der Waals surface area contributed by atoms with Gasteiger partial charge >= 0.3 is 0 Å². The summed E-state index contributed by atoms with van der Waals surface area (Å²) in [5.74, 6) is 0.790. The first kappa shape index (κ1) is 19.6. The number of aromatic nitrogens is 1. The Kier molecular flexibility index (Phi) is 7.05. The summed E-state index contributed by atoms with van der Waals surface area (Å²) in [5.41, 5.74) is 0.949. The minimum atomic E-state index is -0.00363. The van der Waals surface area contributed by atoms with E-state index in [0.717, 1.165) is 70.4 Å². The van der Waals surface area contributed by atoms with Gasteiger partial charge in [0, 0.05) is 66.0 Å². The molecule has 0 radical (unpaired) electrons. The molecule has 1 aromatic rings. The molecule has 0 spiro atoms. The number of guanidine groups is 1. The Morgan fingerprint density at radius 3 is 2.81 bits per heavy atom. The molecule has 0 bridgehead atoms. The summed E-state index contributed by atoms with van der Waals surface area (Å²) in [7, 11) is 3.50. The molecule has 3 heterocycles. The Balaban J connectivity index is 1.54. The second-order valence-electron chi connectivity index (χ2n) is 7.20. The van der Waals surface area contributed by atoms with E-state index in [9.17, 15) is 4.79 Å². The maximum atomic E-state index is 11.9. The van der Waals surface area contributed by atoms with E-state index in [1.165, 1.54) is 0 Å². The predicted molar refractivity (Wildman–Crippen MR) is 101 cm³/mol. The minimum Gasteiger partial charge on any atom is -0.376 e. The molecular formula is C18H30N6O3. The quantitative estimate of drug-likeness (QED) is 0.551. The van der Waals surface area contributed by atoms with Gasteiger partial charge in [0.25, 0.3) is 0 Å². The van der Waals surface area contributed by atoms with Gasteiger partial charge in [0.15, 0.2) is 5.96 Å². The van der Waals surface area contributed by atoms with Crippen LogP contribution >= 0.6 is 0 Å². The van der Waals surface area contributed by atoms with Gasteiger partial charge in [-0.1, -0.05) is 5.16 Å². The lowest BCUT2D eigenvalue weighted by Crippen LogP contribution is -2.53. The van der Waals surface area contributed by atoms with Crippen LogP contribution in [0.3, 0.4) is 0 Å². The third-order valence-electron chi connectivity index (χ3n) is 4.92. The van der Waals surface area contributed by atoms with Crippen LogP contribution in [0.5, 0.6) is 0 Å². The number of likely N-dealkylation sites (N-methyl/N-ethyl adjacent to an activating group) is 1. The highest BCUT2D eigenvalue weighted by Crippen LogP contribution is 2.11. The van der Waals surface area contributed by atoms with E-state index < -0.39 is 0 Å². The Labute approximate surface area is 160 Å². The Morgan fingerprint density at radius 2 is 2.19 bits per heavy atom. The average molecular weight is 378 g/mol. The largest absolute Gasteiger partial charge is 0.376 e. The van der Waals surface area contributed by atoms with Crippen LogP contribution in [0, 0.1) is 0 Å². The molecule has 0 aromatic carbocycles. The fraction of sp³-hybridized carbons (Fsp3) is 0.722. The number of nitrogens with one attached hydrogen (secondary N) is 1. The molecule has 0 aliphatic carbocycles. The summed E-state index contributed by atoms with van der Waals surface area (Å²) < 4.78 is 10.6. The van der Waals surface area contributed by atoms with Crippen molar-refractivity contribution in [3.63, 3.8) is 0 Å². The number of nitrogens with zero attached hydrogens (tertiary/aromatic N) is 5. The van der Waals surface area contributed by atoms with Crippen LogP contribution in [0.25, 0.3) is 0 Å². The molecule has 1 unspecified atom stereocenters. The SMILES string of the molecule is CN(C)C(=O)CN=C(NCC1CCCO1)N1CCN(Cc2ccon2)CC1. The van der Waals surface area contributed by atoms with Crippen LogP contribution in [-0.4, -0.2) is 97.8 Å². The summed E-state index contributed by atoms with van der Waals surface area (Å²) in [6, 6.07) is 1.90. The van der Waals surface area contributed by atoms with Crippen molar-refractivity contribution in [2.75, 3.05) is 60.0 Å². The van der Waals surface area contributed by atoms with Crippen molar-refractivity contribution in [2.24, 2.45) is 4.99 Å². The Hall–Kier alpha value is -2.13. The standard InChI is InChI=1S/C18H30N6O3/c1-22(2)17(25)13-20-18(19-12-16-4-3-10-26-16)24-8-6-23(7-9-24)14-15-5-11-27-21-15/h5,11,16H,3-4,6-10,12-14H2,1-2H3,(H,19,20). The lowest BCUT2D eigenvalue weighted by Gasteiger charge is -2.36. The molecule has 2 saturated heterocycles. The molecule has 9 nitrogen and oxygen atoms in total. The second kappa shape index (κ2) is 9.70. The van der Waals surface area contributed by atoms with Gasteiger partial charge in [-0.25, -0.2) is 4.99 Å². The fourth-order valence-corrected chi connectivity index (χ4v) is 3.23. The highest BCUT2D eigenvalue weighted by atomic mass is 16.5. The molecule has 2 fully saturated rings. The topological polar surface area (TPSA) is 86.4 Å². The summed E-state index contributed by atoms with van der Waals surface area (Å²) in [6.07, 6.45) is 4.02. The van der Waals surface area contributed by atoms with Gasteiger partial charge in [0.2, 0.25) is 5.91 Å². The number of rotatable bonds is 6. The van der Waals surface area contributed by atoms with Gasteiger partial charge in [-0.05, 0) is 12.8 Å². The average Bonchev–Trinajstić information content (AvgIpc) is 3.36. The molecule has 150 valence electrons. The molecule has 27 heavy (non-hydrogen) atoms. The highest BCUT2D eigenvalue weighted by Gasteiger charge is 2.22. The zero-order chi connectivity index (χ0) is 19.1. The maximum Gasteiger partial charge on any atom is 0.243 e. The first-order valence-corrected chi connectivity index (χ1v) is 9.58. The molecule has 9 heteroatoms. The molecular weight excluding hydrogens is 348 g/mol. The molecule has 1 aromatic heterocycles. The van der Waals surface area contributed by atoms with Gasteiger partial charge in [0.1, 0.15) is 12.8 Å². The van der Waals surface area contributed by atoms with E-state index in [4.69, 9.17) is 9.26 Å². The maximum absolute atomic E-state index is 11.9. The monoisotopic (exact) mass is 378 g/mol. The summed E-state index contributed by atoms with van der Waals surface area (Å²) in [5, 5.41) is 7.40. The van der Waals surface area contributed by atoms with E-state index in [-0.39, 0.29) is 18.6 Å². The second-order valence-corrected chi connectivity index (χ2v) is 7.20. The smallest absolute Gasteiger partial charge is 0.243 e. The van der Waals surface area contributed by atoms with Gasteiger partial charge in [-0.2, -0.15) is 0 Å². The molecule has 3 rings (SSSR count). The minimum absolute atomic E-state index is 0.00363. The number of piperazine rings is 1. The summed E-state index contributed by atoms with van der Waals surface area (Å²) >= 11 is 0. The fourth-order valence-electron chi connectivity index (χ4n) is 3.23. The highest BCUT2D eigenvalue weighted by molar-refractivity contribution is 5.85. The van der Waals surface area contributed by atoms with Crippen molar-refractivity contribution in [2.45, 2.75) is 25.5 Å². The molecule has 1 atom stereocenters. The number of amides is 1. The molecule has 0 saturated carbocycles. The van der Waals surface area contributed by atoms with E-state index in [2.05, 4.69) is 25.3 Å². The van der Waals surface area contributed by atoms with Crippen molar-refractivity contribution in [3.8, 4) is 0 Å². The number of carbonyl (C=O) groups excluding carboxylic acids is 1. The first-order valence-electron chi connectivity index (χ1n) is 9.58. The van der Waals surface area contributed by atoms with Crippen molar-refractivity contribution >= 4 is 11.9 Å². The Morgan fingerprint density at radius 1 is 1.37 bits per heavy atom. The molecule has 1 N–H and O–H groups in total. The lowest BCUT2D eigenvalue weighted by molar-refractivity contribution is -0.127. The van der Waals surface area contributed by atoms with Gasteiger partial charge < -0.3 is 24.4 Å². The number of aliphatic imine (C=N–C) groups is 1. The van der Waals surface area contributed by atoms with Crippen molar-refractivity contribution in [3.05, 3.63) is 18.0 Å². The third kappa shape index (κ3) is 5.93. The van der Waals surface area contributed by atoms with E-state index in [0.29, 0.717) is 0 Å². The van der Waals surface area contributed by atoms with E-state index in [1.807, 2.05) is 6.07 Å². The van der Waals surface area contributed by atoms with Gasteiger partial charge in [0.05, 0.1) is 11.8 Å². The molecule has 2 aliphatic heterocycles. The zero-order valence-corrected chi connectivity index (χ0v) is 16.3. The Bertz CT molecular complexity index is 605. The third-order valence-corrected chi connectivity index (χ3v) is 4.92. The zero-order valence-electron chi connectivity index (χ0n) is 16.3. The van der Waals surface area contributed by atoms with Crippen LogP contribution < -0.4 is 5.32 Å². The van der Waals surface area contributed by atoms with E-state index in [1.54, 1.807) is 25.3 Å². The van der Waals surface area contributed by atoms with Gasteiger partial charge in [-0.3, -0.25) is 9.69 Å². The number of hydrogen-bond acceptors (Lipinski definition) is 6. The summed E-state index contributed by atoms with van der Waals surface area (Å²) in [4.78, 5) is 22.6. The van der Waals surface area contributed by atoms with Crippen molar-refractivity contribution in [1.82, 2.24) is 25.2 Å². The molecule has 1 amide bonds. The normalized spacial score (nSPS) is 21.5. The first-order chi connectivity index (χ1) is 13.1. The van der Waals surface area contributed by atoms with Crippen LogP contribution in [-0.2, 0) is 16.1 Å². The van der Waals surface area contributed by atoms with Gasteiger partial charge in [-0.15, -0.1) is 0 Å². The van der Waals surface area contributed by atoms with Crippen LogP contribution in [0.4, 0.5) is 0 Å². The van der Waals surface area contributed by atoms with Crippen molar-refractivity contribution in [1.29, 1.82) is 0 Å². The van der Waals surface area contributed by atoms with E-state index >= 15 is 0 Å². The van der Waals surface area contributed by atoms with Crippen LogP contribution in [0.1, 0.15) is 18.5 Å². The number of hydrogen-bond donors (Lipinski definition) is 1.